The third-order valence-electron chi connectivity index (χ3n) is 4.92. The minimum atomic E-state index is -0.249. The largest absolute Gasteiger partial charge is 0.497 e. The Balaban J connectivity index is 1.82. The minimum Gasteiger partial charge on any atom is -0.497 e. The van der Waals surface area contributed by atoms with Crippen molar-refractivity contribution in [1.82, 2.24) is 9.78 Å². The van der Waals surface area contributed by atoms with Crippen molar-refractivity contribution in [2.75, 3.05) is 19.5 Å². The van der Waals surface area contributed by atoms with Gasteiger partial charge in [0.25, 0.3) is 5.91 Å². The maximum atomic E-state index is 13.3. The summed E-state index contributed by atoms with van der Waals surface area (Å²) < 4.78 is 12.6. The molecule has 0 radical (unpaired) electrons. The van der Waals surface area contributed by atoms with E-state index < -0.39 is 0 Å². The molecule has 0 fully saturated rings. The van der Waals surface area contributed by atoms with E-state index in [1.165, 1.54) is 0 Å². The van der Waals surface area contributed by atoms with Gasteiger partial charge in [-0.2, -0.15) is 5.10 Å². The number of methoxy groups -OCH3 is 2. The van der Waals surface area contributed by atoms with Crippen molar-refractivity contribution in [2.24, 2.45) is 0 Å². The van der Waals surface area contributed by atoms with E-state index in [0.717, 1.165) is 16.9 Å². The lowest BCUT2D eigenvalue weighted by Crippen LogP contribution is -2.12. The number of anilines is 1. The number of amides is 1. The Kier molecular flexibility index (Phi) is 5.71. The summed E-state index contributed by atoms with van der Waals surface area (Å²) in [6.45, 7) is 1.98. The number of ether oxygens (including phenoxy) is 2. The summed E-state index contributed by atoms with van der Waals surface area (Å²) in [6.07, 6.45) is 1.74. The molecule has 0 unspecified atom stereocenters. The first-order valence-corrected chi connectivity index (χ1v) is 9.84. The molecule has 0 saturated heterocycles. The highest BCUT2D eigenvalue weighted by molar-refractivity contribution is 6.08. The van der Waals surface area contributed by atoms with Gasteiger partial charge in [-0.15, -0.1) is 0 Å². The van der Waals surface area contributed by atoms with Gasteiger partial charge in [-0.05, 0) is 48.9 Å². The van der Waals surface area contributed by atoms with Gasteiger partial charge < -0.3 is 14.8 Å². The molecule has 1 heterocycles. The fourth-order valence-corrected chi connectivity index (χ4v) is 3.37. The van der Waals surface area contributed by atoms with Crippen molar-refractivity contribution >= 4 is 11.6 Å². The van der Waals surface area contributed by atoms with Crippen molar-refractivity contribution in [3.8, 4) is 28.4 Å². The smallest absolute Gasteiger partial charge is 0.259 e. The van der Waals surface area contributed by atoms with E-state index in [1.807, 2.05) is 73.7 Å². The number of rotatable bonds is 6. The van der Waals surface area contributed by atoms with Gasteiger partial charge in [0, 0.05) is 23.5 Å². The van der Waals surface area contributed by atoms with E-state index in [9.17, 15) is 4.79 Å². The zero-order valence-electron chi connectivity index (χ0n) is 17.6. The number of nitrogens with one attached hydrogen (secondary N) is 1. The average molecular weight is 413 g/mol. The molecule has 0 spiro atoms. The summed E-state index contributed by atoms with van der Waals surface area (Å²) in [5.41, 5.74) is 4.31. The van der Waals surface area contributed by atoms with E-state index in [2.05, 4.69) is 5.32 Å². The molecule has 156 valence electrons. The molecule has 0 aliphatic carbocycles. The first kappa shape index (κ1) is 20.2. The van der Waals surface area contributed by atoms with Gasteiger partial charge in [-0.3, -0.25) is 4.79 Å². The van der Waals surface area contributed by atoms with Crippen LogP contribution in [-0.4, -0.2) is 29.9 Å². The number of aromatic nitrogens is 2. The third-order valence-corrected chi connectivity index (χ3v) is 4.92. The van der Waals surface area contributed by atoms with Crippen LogP contribution in [0.25, 0.3) is 16.9 Å². The topological polar surface area (TPSA) is 65.4 Å². The lowest BCUT2D eigenvalue weighted by atomic mass is 10.1. The minimum absolute atomic E-state index is 0.249. The summed E-state index contributed by atoms with van der Waals surface area (Å²) in [5.74, 6) is 0.983. The van der Waals surface area contributed by atoms with Crippen molar-refractivity contribution in [2.45, 2.75) is 6.92 Å². The Hall–Kier alpha value is -4.06. The molecule has 1 amide bonds. The van der Waals surface area contributed by atoms with Crippen LogP contribution in [0, 0.1) is 6.92 Å². The van der Waals surface area contributed by atoms with Gasteiger partial charge in [0.05, 0.1) is 25.5 Å². The Morgan fingerprint density at radius 2 is 1.74 bits per heavy atom. The lowest BCUT2D eigenvalue weighted by molar-refractivity contribution is 0.102. The molecular weight excluding hydrogens is 390 g/mol. The number of carbonyl (C=O) groups is 1. The van der Waals surface area contributed by atoms with Gasteiger partial charge in [0.2, 0.25) is 0 Å². The van der Waals surface area contributed by atoms with Crippen LogP contribution >= 0.6 is 0 Å². The molecule has 4 rings (SSSR count). The SMILES string of the molecule is COc1ccc(-c2nn(-c3ccccc3)cc2C(=O)Nc2cccc(C)c2)c(OC)c1. The average Bonchev–Trinajstić information content (AvgIpc) is 3.24. The number of hydrogen-bond acceptors (Lipinski definition) is 4. The standard InChI is InChI=1S/C25H23N3O3/c1-17-8-7-9-18(14-17)26-25(29)22-16-28(19-10-5-4-6-11-19)27-24(22)21-13-12-20(30-2)15-23(21)31-3/h4-16H,1-3H3,(H,26,29). The molecule has 1 aromatic heterocycles. The van der Waals surface area contributed by atoms with Crippen LogP contribution in [0.2, 0.25) is 0 Å². The zero-order chi connectivity index (χ0) is 21.8. The number of hydrogen-bond donors (Lipinski definition) is 1. The molecule has 0 saturated carbocycles. The van der Waals surface area contributed by atoms with Crippen molar-refractivity contribution < 1.29 is 14.3 Å². The normalized spacial score (nSPS) is 10.5. The fourth-order valence-electron chi connectivity index (χ4n) is 3.37. The van der Waals surface area contributed by atoms with Crippen LogP contribution in [0.3, 0.4) is 0 Å². The lowest BCUT2D eigenvalue weighted by Gasteiger charge is -2.10. The van der Waals surface area contributed by atoms with Gasteiger partial charge >= 0.3 is 0 Å². The van der Waals surface area contributed by atoms with Crippen LogP contribution in [0.5, 0.6) is 11.5 Å². The van der Waals surface area contributed by atoms with Crippen molar-refractivity contribution in [3.63, 3.8) is 0 Å². The molecule has 6 nitrogen and oxygen atoms in total. The molecule has 0 aliphatic rings. The first-order valence-electron chi connectivity index (χ1n) is 9.84. The molecule has 0 atom stereocenters. The predicted octanol–water partition coefficient (Wildman–Crippen LogP) is 5.12. The maximum Gasteiger partial charge on any atom is 0.259 e. The number of benzene rings is 3. The first-order chi connectivity index (χ1) is 15.1. The molecule has 4 aromatic rings. The van der Waals surface area contributed by atoms with E-state index in [0.29, 0.717) is 28.3 Å². The monoisotopic (exact) mass is 413 g/mol. The second-order valence-electron chi connectivity index (χ2n) is 7.06. The third kappa shape index (κ3) is 4.28. The van der Waals surface area contributed by atoms with Crippen molar-refractivity contribution in [1.29, 1.82) is 0 Å². The van der Waals surface area contributed by atoms with E-state index >= 15 is 0 Å². The number of nitrogens with zero attached hydrogens (tertiary/aromatic N) is 2. The molecule has 0 bridgehead atoms. The summed E-state index contributed by atoms with van der Waals surface area (Å²) in [7, 11) is 3.18. The van der Waals surface area contributed by atoms with Crippen LogP contribution in [0.1, 0.15) is 15.9 Å². The number of aryl methyl sites for hydroxylation is 1. The summed E-state index contributed by atoms with van der Waals surface area (Å²) >= 11 is 0. The molecule has 1 N–H and O–H groups in total. The number of para-hydroxylation sites is 1. The van der Waals surface area contributed by atoms with Crippen LogP contribution in [0.15, 0.2) is 79.0 Å². The Morgan fingerprint density at radius 1 is 0.935 bits per heavy atom. The second kappa shape index (κ2) is 8.75. The highest BCUT2D eigenvalue weighted by Crippen LogP contribution is 2.35. The number of carbonyl (C=O) groups excluding carboxylic acids is 1. The predicted molar refractivity (Wildman–Crippen MR) is 121 cm³/mol. The van der Waals surface area contributed by atoms with Gasteiger partial charge in [0.15, 0.2) is 0 Å². The molecule has 6 heteroatoms. The highest BCUT2D eigenvalue weighted by atomic mass is 16.5. The Bertz CT molecular complexity index is 1220. The van der Waals surface area contributed by atoms with Crippen LogP contribution in [-0.2, 0) is 0 Å². The molecule has 31 heavy (non-hydrogen) atoms. The Labute approximate surface area is 181 Å². The van der Waals surface area contributed by atoms with Crippen molar-refractivity contribution in [3.05, 3.63) is 90.1 Å². The second-order valence-corrected chi connectivity index (χ2v) is 7.06. The highest BCUT2D eigenvalue weighted by Gasteiger charge is 2.22. The van der Waals surface area contributed by atoms with Gasteiger partial charge in [0.1, 0.15) is 17.2 Å². The van der Waals surface area contributed by atoms with Crippen LogP contribution in [0.4, 0.5) is 5.69 Å². The van der Waals surface area contributed by atoms with E-state index in [4.69, 9.17) is 14.6 Å². The Morgan fingerprint density at radius 3 is 2.45 bits per heavy atom. The summed E-state index contributed by atoms with van der Waals surface area (Å²) in [4.78, 5) is 13.3. The zero-order valence-corrected chi connectivity index (χ0v) is 17.6. The molecule has 0 aliphatic heterocycles. The summed E-state index contributed by atoms with van der Waals surface area (Å²) in [6, 6.07) is 22.8. The maximum absolute atomic E-state index is 13.3. The van der Waals surface area contributed by atoms with Gasteiger partial charge in [-0.25, -0.2) is 4.68 Å². The molecular formula is C25H23N3O3. The van der Waals surface area contributed by atoms with E-state index in [1.54, 1.807) is 31.2 Å². The fraction of sp³-hybridized carbons (Fsp3) is 0.120. The molecule has 3 aromatic carbocycles. The van der Waals surface area contributed by atoms with Gasteiger partial charge in [-0.1, -0.05) is 30.3 Å². The van der Waals surface area contributed by atoms with E-state index in [-0.39, 0.29) is 5.91 Å². The quantitative estimate of drug-likeness (QED) is 0.477. The summed E-state index contributed by atoms with van der Waals surface area (Å²) in [5, 5.41) is 7.71. The van der Waals surface area contributed by atoms with Crippen LogP contribution < -0.4 is 14.8 Å².